The fourth-order valence-corrected chi connectivity index (χ4v) is 3.78. The average Bonchev–Trinajstić information content (AvgIpc) is 3.46. The van der Waals surface area contributed by atoms with Crippen molar-refractivity contribution in [1.82, 2.24) is 0 Å². The monoisotopic (exact) mass is 346 g/mol. The van der Waals surface area contributed by atoms with Crippen LogP contribution in [0.15, 0.2) is 0 Å². The molecule has 136 valence electrons. The minimum Gasteiger partial charge on any atom is -0.398 e. The molecule has 4 aliphatic rings. The molecule has 0 bridgehead atoms. The zero-order chi connectivity index (χ0) is 17.0. The van der Waals surface area contributed by atoms with Crippen molar-refractivity contribution >= 4 is 11.4 Å². The zero-order valence-electron chi connectivity index (χ0n) is 14.5. The predicted octanol–water partition coefficient (Wildman–Crippen LogP) is 1.01. The lowest BCUT2D eigenvalue weighted by Crippen LogP contribution is -2.17. The molecule has 4 atom stereocenters. The Labute approximate surface area is 147 Å². The highest BCUT2D eigenvalue weighted by Gasteiger charge is 2.34. The van der Waals surface area contributed by atoms with Crippen LogP contribution >= 0.6 is 0 Å². The first-order valence-corrected chi connectivity index (χ1v) is 9.36. The van der Waals surface area contributed by atoms with Crippen LogP contribution < -0.4 is 11.5 Å². The minimum absolute atomic E-state index is 0.270. The van der Waals surface area contributed by atoms with Gasteiger partial charge < -0.3 is 30.4 Å². The molecule has 6 nitrogen and oxygen atoms in total. The van der Waals surface area contributed by atoms with Gasteiger partial charge in [0.2, 0.25) is 0 Å². The third kappa shape index (κ3) is 3.62. The Morgan fingerprint density at radius 3 is 1.56 bits per heavy atom. The average molecular weight is 346 g/mol. The molecule has 0 aliphatic carbocycles. The van der Waals surface area contributed by atoms with Crippen molar-refractivity contribution in [3.63, 3.8) is 0 Å². The Balaban J connectivity index is 1.54. The topological polar surface area (TPSA) is 102 Å². The SMILES string of the molecule is Nc1c(CC2CO2)c(N)c(CC2CO2)c(CC2CO2)c1CCC1CO1. The predicted molar refractivity (Wildman–Crippen MR) is 93.7 cm³/mol. The van der Waals surface area contributed by atoms with Gasteiger partial charge in [0.05, 0.1) is 50.8 Å². The summed E-state index contributed by atoms with van der Waals surface area (Å²) in [5.74, 6) is 0. The molecule has 1 aromatic carbocycles. The number of nitrogens with two attached hydrogens (primary N) is 2. The Bertz CT molecular complexity index is 677. The Morgan fingerprint density at radius 2 is 1.04 bits per heavy atom. The van der Waals surface area contributed by atoms with Crippen molar-refractivity contribution in [2.75, 3.05) is 37.9 Å². The van der Waals surface area contributed by atoms with Crippen LogP contribution in [0.2, 0.25) is 0 Å². The van der Waals surface area contributed by atoms with E-state index in [2.05, 4.69) is 0 Å². The summed E-state index contributed by atoms with van der Waals surface area (Å²) in [4.78, 5) is 0. The fourth-order valence-electron chi connectivity index (χ4n) is 3.78. The van der Waals surface area contributed by atoms with Gasteiger partial charge in [-0.05, 0) is 29.5 Å². The lowest BCUT2D eigenvalue weighted by molar-refractivity contribution is 0.394. The Kier molecular flexibility index (Phi) is 3.89. The Morgan fingerprint density at radius 1 is 0.600 bits per heavy atom. The lowest BCUT2D eigenvalue weighted by atomic mass is 9.85. The Hall–Kier alpha value is -1.34. The summed E-state index contributed by atoms with van der Waals surface area (Å²) in [6.07, 6.45) is 5.82. The van der Waals surface area contributed by atoms with E-state index in [9.17, 15) is 0 Å². The maximum Gasteiger partial charge on any atom is 0.0851 e. The molecular weight excluding hydrogens is 320 g/mol. The first kappa shape index (κ1) is 15.9. The molecule has 0 spiro atoms. The van der Waals surface area contributed by atoms with E-state index in [1.54, 1.807) is 0 Å². The molecule has 1 aromatic rings. The van der Waals surface area contributed by atoms with E-state index in [0.717, 1.165) is 75.5 Å². The molecule has 4 unspecified atom stereocenters. The summed E-state index contributed by atoms with van der Waals surface area (Å²) in [7, 11) is 0. The second-order valence-corrected chi connectivity index (χ2v) is 7.71. The number of anilines is 2. The molecule has 4 fully saturated rings. The third-order valence-corrected chi connectivity index (χ3v) is 5.65. The van der Waals surface area contributed by atoms with Gasteiger partial charge in [0.15, 0.2) is 0 Å². The first-order chi connectivity index (χ1) is 12.2. The summed E-state index contributed by atoms with van der Waals surface area (Å²) < 4.78 is 21.8. The van der Waals surface area contributed by atoms with Crippen LogP contribution in [0.25, 0.3) is 0 Å². The van der Waals surface area contributed by atoms with E-state index in [1.165, 1.54) is 16.7 Å². The molecule has 5 rings (SSSR count). The summed E-state index contributed by atoms with van der Waals surface area (Å²) in [6, 6.07) is 0. The standard InChI is InChI=1S/C19H26N2O4/c20-18-14(2-1-10-6-22-10)15(3-11-7-23-11)16(4-12-8-24-12)19(21)17(18)5-13-9-25-13/h10-13H,1-9,20-21H2. The molecule has 0 amide bonds. The largest absolute Gasteiger partial charge is 0.398 e. The van der Waals surface area contributed by atoms with Gasteiger partial charge in [0.1, 0.15) is 0 Å². The molecule has 0 saturated carbocycles. The number of hydrogen-bond acceptors (Lipinski definition) is 6. The zero-order valence-corrected chi connectivity index (χ0v) is 14.5. The van der Waals surface area contributed by atoms with Gasteiger partial charge in [-0.15, -0.1) is 0 Å². The third-order valence-electron chi connectivity index (χ3n) is 5.65. The van der Waals surface area contributed by atoms with Gasteiger partial charge in [-0.25, -0.2) is 0 Å². The van der Waals surface area contributed by atoms with Gasteiger partial charge in [-0.1, -0.05) is 0 Å². The summed E-state index contributed by atoms with van der Waals surface area (Å²) in [5.41, 5.74) is 19.8. The van der Waals surface area contributed by atoms with Crippen LogP contribution in [0.5, 0.6) is 0 Å². The van der Waals surface area contributed by atoms with Crippen LogP contribution in [0.3, 0.4) is 0 Å². The van der Waals surface area contributed by atoms with Crippen LogP contribution in [-0.4, -0.2) is 50.8 Å². The van der Waals surface area contributed by atoms with E-state index in [1.807, 2.05) is 0 Å². The van der Waals surface area contributed by atoms with E-state index < -0.39 is 0 Å². The first-order valence-electron chi connectivity index (χ1n) is 9.36. The number of nitrogen functional groups attached to an aromatic ring is 2. The summed E-state index contributed by atoms with van der Waals surface area (Å²) in [6.45, 7) is 3.35. The molecular formula is C19H26N2O4. The molecule has 0 aromatic heterocycles. The second-order valence-electron chi connectivity index (χ2n) is 7.71. The highest BCUT2D eigenvalue weighted by Crippen LogP contribution is 2.39. The molecule has 4 saturated heterocycles. The fraction of sp³-hybridized carbons (Fsp3) is 0.684. The molecule has 0 radical (unpaired) electrons. The van der Waals surface area contributed by atoms with Gasteiger partial charge in [-0.3, -0.25) is 0 Å². The molecule has 25 heavy (non-hydrogen) atoms. The number of benzene rings is 1. The van der Waals surface area contributed by atoms with Gasteiger partial charge in [0.25, 0.3) is 0 Å². The molecule has 4 heterocycles. The highest BCUT2D eigenvalue weighted by atomic mass is 16.6. The number of rotatable bonds is 9. The maximum absolute atomic E-state index is 6.63. The normalized spacial score (nSPS) is 31.8. The van der Waals surface area contributed by atoms with Crippen LogP contribution in [0.1, 0.15) is 28.7 Å². The van der Waals surface area contributed by atoms with Gasteiger partial charge in [-0.2, -0.15) is 0 Å². The van der Waals surface area contributed by atoms with Crippen LogP contribution in [0, 0.1) is 0 Å². The van der Waals surface area contributed by atoms with Crippen LogP contribution in [-0.2, 0) is 44.6 Å². The van der Waals surface area contributed by atoms with Crippen molar-refractivity contribution < 1.29 is 18.9 Å². The number of hydrogen-bond donors (Lipinski definition) is 2. The van der Waals surface area contributed by atoms with Crippen molar-refractivity contribution in [2.24, 2.45) is 0 Å². The number of epoxide rings is 4. The minimum atomic E-state index is 0.270. The van der Waals surface area contributed by atoms with Crippen molar-refractivity contribution in [2.45, 2.75) is 56.5 Å². The second kappa shape index (κ2) is 6.13. The quantitative estimate of drug-likeness (QED) is 0.511. The molecule has 4 aliphatic heterocycles. The van der Waals surface area contributed by atoms with Gasteiger partial charge in [0, 0.05) is 36.2 Å². The maximum atomic E-state index is 6.63. The van der Waals surface area contributed by atoms with Crippen LogP contribution in [0.4, 0.5) is 11.4 Å². The van der Waals surface area contributed by atoms with Crippen molar-refractivity contribution in [1.29, 1.82) is 0 Å². The lowest BCUT2D eigenvalue weighted by Gasteiger charge is -2.23. The molecule has 4 N–H and O–H groups in total. The summed E-state index contributed by atoms with van der Waals surface area (Å²) in [5, 5.41) is 0. The van der Waals surface area contributed by atoms with Crippen molar-refractivity contribution in [3.8, 4) is 0 Å². The van der Waals surface area contributed by atoms with E-state index >= 15 is 0 Å². The van der Waals surface area contributed by atoms with E-state index in [4.69, 9.17) is 30.4 Å². The van der Waals surface area contributed by atoms with E-state index in [0.29, 0.717) is 18.3 Å². The smallest absolute Gasteiger partial charge is 0.0851 e. The summed E-state index contributed by atoms with van der Waals surface area (Å²) >= 11 is 0. The van der Waals surface area contributed by atoms with E-state index in [-0.39, 0.29) is 6.10 Å². The molecule has 6 heteroatoms. The highest BCUT2D eigenvalue weighted by molar-refractivity contribution is 5.73. The van der Waals surface area contributed by atoms with Gasteiger partial charge >= 0.3 is 0 Å². The number of ether oxygens (including phenoxy) is 4. The van der Waals surface area contributed by atoms with Crippen molar-refractivity contribution in [3.05, 3.63) is 22.3 Å².